The lowest BCUT2D eigenvalue weighted by Crippen LogP contribution is -2.35. The van der Waals surface area contributed by atoms with Crippen LogP contribution in [0.2, 0.25) is 0 Å². The van der Waals surface area contributed by atoms with Gasteiger partial charge < -0.3 is 13.9 Å². The minimum Gasteiger partial charge on any atom is -0.469 e. The molecule has 2 saturated carbocycles. The van der Waals surface area contributed by atoms with Gasteiger partial charge in [-0.25, -0.2) is 4.90 Å². The Bertz CT molecular complexity index is 1650. The van der Waals surface area contributed by atoms with E-state index in [1.807, 2.05) is 52.0 Å². The summed E-state index contributed by atoms with van der Waals surface area (Å²) in [5, 5.41) is 0. The lowest BCUT2D eigenvalue weighted by Gasteiger charge is -2.15. The zero-order valence-electron chi connectivity index (χ0n) is 30.3. The molecule has 49 heavy (non-hydrogen) atoms. The first-order valence-electron chi connectivity index (χ1n) is 17.4. The summed E-state index contributed by atoms with van der Waals surface area (Å²) in [7, 11) is 0. The summed E-state index contributed by atoms with van der Waals surface area (Å²) >= 11 is 0. The smallest absolute Gasteiger partial charge is 0.311 e. The minimum absolute atomic E-state index is 0.0107. The van der Waals surface area contributed by atoms with Crippen LogP contribution in [0.15, 0.2) is 81.5 Å². The lowest BCUT2D eigenvalue weighted by molar-refractivity contribution is -0.157. The summed E-state index contributed by atoms with van der Waals surface area (Å²) in [5.41, 5.74) is 5.61. The average molecular weight is 670 g/mol. The Hall–Kier alpha value is -4.20. The number of rotatable bonds is 10. The van der Waals surface area contributed by atoms with E-state index in [9.17, 15) is 19.2 Å². The largest absolute Gasteiger partial charge is 0.469 e. The molecule has 0 bridgehead atoms. The second-order valence-corrected chi connectivity index (χ2v) is 15.6. The van der Waals surface area contributed by atoms with Gasteiger partial charge in [0.1, 0.15) is 12.4 Å². The third-order valence-corrected chi connectivity index (χ3v) is 10.5. The van der Waals surface area contributed by atoms with E-state index in [4.69, 9.17) is 13.9 Å². The van der Waals surface area contributed by atoms with Crippen LogP contribution in [0.3, 0.4) is 0 Å². The summed E-state index contributed by atoms with van der Waals surface area (Å²) in [4.78, 5) is 50.5. The van der Waals surface area contributed by atoms with Gasteiger partial charge >= 0.3 is 11.9 Å². The van der Waals surface area contributed by atoms with E-state index in [0.29, 0.717) is 24.0 Å². The van der Waals surface area contributed by atoms with Gasteiger partial charge in [0.05, 0.1) is 18.1 Å². The number of carbonyl (C=O) groups excluding carboxylic acids is 4. The quantitative estimate of drug-likeness (QED) is 0.143. The molecule has 4 aliphatic rings. The maximum atomic E-state index is 12.4. The van der Waals surface area contributed by atoms with Crippen LogP contribution in [0.25, 0.3) is 0 Å². The molecule has 1 aromatic heterocycles. The highest BCUT2D eigenvalue weighted by Crippen LogP contribution is 2.60. The Morgan fingerprint density at radius 1 is 0.796 bits per heavy atom. The first kappa shape index (κ1) is 36.1. The Morgan fingerprint density at radius 2 is 1.31 bits per heavy atom. The predicted molar refractivity (Wildman–Crippen MR) is 186 cm³/mol. The summed E-state index contributed by atoms with van der Waals surface area (Å²) in [6.45, 7) is 16.5. The van der Waals surface area contributed by atoms with Crippen molar-refractivity contribution in [2.24, 2.45) is 34.5 Å². The van der Waals surface area contributed by atoms with Crippen LogP contribution >= 0.6 is 0 Å². The number of ether oxygens (including phenoxy) is 2. The normalized spacial score (nSPS) is 24.3. The van der Waals surface area contributed by atoms with Crippen molar-refractivity contribution in [3.05, 3.63) is 94.0 Å². The molecule has 8 nitrogen and oxygen atoms in total. The molecule has 1 aromatic carbocycles. The molecule has 3 aliphatic carbocycles. The van der Waals surface area contributed by atoms with Crippen LogP contribution < -0.4 is 0 Å². The average Bonchev–Trinajstić information content (AvgIpc) is 3.57. The molecule has 4 unspecified atom stereocenters. The fourth-order valence-corrected chi connectivity index (χ4v) is 7.36. The highest BCUT2D eigenvalue weighted by atomic mass is 16.5. The molecule has 2 aromatic rings. The van der Waals surface area contributed by atoms with Gasteiger partial charge in [0.25, 0.3) is 11.8 Å². The van der Waals surface area contributed by atoms with Crippen LogP contribution in [0, 0.1) is 34.5 Å². The maximum Gasteiger partial charge on any atom is 0.311 e. The SMILES string of the molecule is CC(C)=CC1C(C(=O)OCN2C(=O)C3=C(CCCC3)C2=O)C1(C)C.CC(C)=CC1C(C(=O)OCc2coc(Cc3ccccc3)c2)C1(C)C. The molecule has 6 rings (SSSR count). The molecule has 4 atom stereocenters. The zero-order valence-corrected chi connectivity index (χ0v) is 30.3. The van der Waals surface area contributed by atoms with Crippen molar-refractivity contribution < 1.29 is 33.1 Å². The molecule has 8 heteroatoms. The number of amides is 2. The Balaban J connectivity index is 0.000000191. The summed E-state index contributed by atoms with van der Waals surface area (Å²) in [6, 6.07) is 12.1. The molecule has 0 radical (unpaired) electrons. The number of imide groups is 1. The second kappa shape index (κ2) is 14.3. The van der Waals surface area contributed by atoms with E-state index < -0.39 is 0 Å². The number of hydrogen-bond acceptors (Lipinski definition) is 7. The third-order valence-electron chi connectivity index (χ3n) is 10.5. The molecular formula is C41H51NO7. The van der Waals surface area contributed by atoms with E-state index in [0.717, 1.165) is 35.5 Å². The van der Waals surface area contributed by atoms with Crippen molar-refractivity contribution in [1.29, 1.82) is 0 Å². The Kier molecular flexibility index (Phi) is 10.6. The van der Waals surface area contributed by atoms with E-state index in [1.165, 1.54) is 16.7 Å². The highest BCUT2D eigenvalue weighted by Gasteiger charge is 2.62. The van der Waals surface area contributed by atoms with Crippen LogP contribution in [0.4, 0.5) is 0 Å². The van der Waals surface area contributed by atoms with Crippen molar-refractivity contribution in [2.75, 3.05) is 6.73 Å². The van der Waals surface area contributed by atoms with Gasteiger partial charge in [0.2, 0.25) is 0 Å². The number of benzene rings is 1. The van der Waals surface area contributed by atoms with Gasteiger partial charge in [0, 0.05) is 23.1 Å². The maximum absolute atomic E-state index is 12.4. The van der Waals surface area contributed by atoms with Crippen molar-refractivity contribution in [3.8, 4) is 0 Å². The first-order chi connectivity index (χ1) is 23.1. The van der Waals surface area contributed by atoms with Gasteiger partial charge in [-0.3, -0.25) is 19.2 Å². The number of carbonyl (C=O) groups is 4. The van der Waals surface area contributed by atoms with E-state index in [1.54, 1.807) is 6.26 Å². The van der Waals surface area contributed by atoms with Gasteiger partial charge in [-0.1, -0.05) is 81.3 Å². The molecule has 262 valence electrons. The lowest BCUT2D eigenvalue weighted by atomic mass is 9.93. The Morgan fingerprint density at radius 3 is 1.82 bits per heavy atom. The summed E-state index contributed by atoms with van der Waals surface area (Å²) in [5.74, 6) is 0.0738. The van der Waals surface area contributed by atoms with Crippen molar-refractivity contribution in [2.45, 2.75) is 94.1 Å². The first-order valence-corrected chi connectivity index (χ1v) is 17.4. The number of allylic oxidation sites excluding steroid dienone is 4. The molecule has 1 aliphatic heterocycles. The minimum atomic E-state index is -0.326. The van der Waals surface area contributed by atoms with Crippen molar-refractivity contribution in [3.63, 3.8) is 0 Å². The topological polar surface area (TPSA) is 103 Å². The second-order valence-electron chi connectivity index (χ2n) is 15.6. The van der Waals surface area contributed by atoms with Crippen LogP contribution in [0.1, 0.15) is 98.0 Å². The van der Waals surface area contributed by atoms with Gasteiger partial charge in [0.15, 0.2) is 6.73 Å². The molecule has 2 amide bonds. The van der Waals surface area contributed by atoms with Crippen molar-refractivity contribution in [1.82, 2.24) is 4.90 Å². The Labute approximate surface area is 290 Å². The number of esters is 2. The monoisotopic (exact) mass is 669 g/mol. The number of nitrogens with zero attached hydrogens (tertiary/aromatic N) is 1. The van der Waals surface area contributed by atoms with Crippen LogP contribution in [-0.2, 0) is 41.7 Å². The molecule has 0 N–H and O–H groups in total. The number of hydrogen-bond donors (Lipinski definition) is 0. The molecular weight excluding hydrogens is 618 g/mol. The van der Waals surface area contributed by atoms with E-state index in [2.05, 4.69) is 52.0 Å². The summed E-state index contributed by atoms with van der Waals surface area (Å²) in [6.07, 6.45) is 9.88. The molecule has 2 fully saturated rings. The van der Waals surface area contributed by atoms with Crippen molar-refractivity contribution >= 4 is 23.8 Å². The molecule has 2 heterocycles. The van der Waals surface area contributed by atoms with Gasteiger partial charge in [-0.2, -0.15) is 0 Å². The molecule has 0 saturated heterocycles. The van der Waals surface area contributed by atoms with Gasteiger partial charge in [-0.05, 0) is 87.7 Å². The van der Waals surface area contributed by atoms with E-state index >= 15 is 0 Å². The predicted octanol–water partition coefficient (Wildman–Crippen LogP) is 8.12. The van der Waals surface area contributed by atoms with Gasteiger partial charge in [-0.15, -0.1) is 0 Å². The van der Waals surface area contributed by atoms with Crippen LogP contribution in [0.5, 0.6) is 0 Å². The fraction of sp³-hybridized carbons (Fsp3) is 0.512. The third kappa shape index (κ3) is 8.00. The number of furan rings is 1. The standard InChI is InChI=1S/C22H26O3.C19H25NO4/c1-15(2)10-19-20(22(19,3)4)21(23)25-14-17-12-18(24-13-17)11-16-8-6-5-7-9-16;1-11(2)9-14-15(19(14,3)4)18(23)24-10-20-16(21)12-7-5-6-8-13(12)17(20)22/h5-10,12-13,19-20H,11,14H2,1-4H3;9,14-15H,5-8,10H2,1-4H3. The van der Waals surface area contributed by atoms with Crippen LogP contribution in [-0.4, -0.2) is 35.4 Å². The molecule has 0 spiro atoms. The highest BCUT2D eigenvalue weighted by molar-refractivity contribution is 6.19. The summed E-state index contributed by atoms with van der Waals surface area (Å²) < 4.78 is 16.5. The fourth-order valence-electron chi connectivity index (χ4n) is 7.36. The van der Waals surface area contributed by atoms with E-state index in [-0.39, 0.29) is 71.6 Å². The zero-order chi connectivity index (χ0) is 35.7.